The molecule has 0 saturated carbocycles. The molecule has 0 bridgehead atoms. The maximum absolute atomic E-state index is 11.3. The predicted molar refractivity (Wildman–Crippen MR) is 66.1 cm³/mol. The SMILES string of the molecule is COC(=O)C[C@@H](C)[C@H]1C(C)=CCCC1(C)C. The van der Waals surface area contributed by atoms with Crippen LogP contribution in [0.15, 0.2) is 11.6 Å². The van der Waals surface area contributed by atoms with E-state index in [1.807, 2.05) is 0 Å². The van der Waals surface area contributed by atoms with Crippen molar-refractivity contribution in [2.24, 2.45) is 17.3 Å². The lowest BCUT2D eigenvalue weighted by molar-refractivity contribution is -0.142. The van der Waals surface area contributed by atoms with Crippen molar-refractivity contribution in [3.8, 4) is 0 Å². The number of hydrogen-bond donors (Lipinski definition) is 0. The van der Waals surface area contributed by atoms with Gasteiger partial charge in [-0.1, -0.05) is 32.4 Å². The van der Waals surface area contributed by atoms with E-state index in [0.29, 0.717) is 23.7 Å². The van der Waals surface area contributed by atoms with E-state index < -0.39 is 0 Å². The first-order chi connectivity index (χ1) is 7.38. The highest BCUT2D eigenvalue weighted by molar-refractivity contribution is 5.69. The lowest BCUT2D eigenvalue weighted by Gasteiger charge is -2.42. The van der Waals surface area contributed by atoms with Gasteiger partial charge in [0.25, 0.3) is 0 Å². The zero-order valence-electron chi connectivity index (χ0n) is 11.2. The van der Waals surface area contributed by atoms with Crippen LogP contribution in [0.4, 0.5) is 0 Å². The first kappa shape index (κ1) is 13.3. The number of hydrogen-bond acceptors (Lipinski definition) is 2. The van der Waals surface area contributed by atoms with Gasteiger partial charge in [0.15, 0.2) is 0 Å². The Bertz CT molecular complexity index is 289. The first-order valence-electron chi connectivity index (χ1n) is 6.12. The fraction of sp³-hybridized carbons (Fsp3) is 0.786. The minimum absolute atomic E-state index is 0.0957. The van der Waals surface area contributed by atoms with E-state index in [9.17, 15) is 4.79 Å². The monoisotopic (exact) mass is 224 g/mol. The highest BCUT2D eigenvalue weighted by atomic mass is 16.5. The molecule has 1 rings (SSSR count). The van der Waals surface area contributed by atoms with Gasteiger partial charge in [-0.05, 0) is 37.0 Å². The number of methoxy groups -OCH3 is 1. The van der Waals surface area contributed by atoms with E-state index in [0.717, 1.165) is 0 Å². The van der Waals surface area contributed by atoms with Gasteiger partial charge < -0.3 is 4.74 Å². The molecule has 0 radical (unpaired) electrons. The van der Waals surface area contributed by atoms with Gasteiger partial charge >= 0.3 is 5.97 Å². The van der Waals surface area contributed by atoms with Crippen LogP contribution in [-0.2, 0) is 9.53 Å². The van der Waals surface area contributed by atoms with Crippen molar-refractivity contribution in [2.75, 3.05) is 7.11 Å². The summed E-state index contributed by atoms with van der Waals surface area (Å²) in [5, 5.41) is 0. The Morgan fingerprint density at radius 3 is 2.75 bits per heavy atom. The molecule has 92 valence electrons. The smallest absolute Gasteiger partial charge is 0.305 e. The highest BCUT2D eigenvalue weighted by Gasteiger charge is 2.37. The summed E-state index contributed by atoms with van der Waals surface area (Å²) in [6.45, 7) is 8.97. The average molecular weight is 224 g/mol. The average Bonchev–Trinajstić information content (AvgIpc) is 2.15. The minimum Gasteiger partial charge on any atom is -0.469 e. The van der Waals surface area contributed by atoms with Gasteiger partial charge in [0.1, 0.15) is 0 Å². The van der Waals surface area contributed by atoms with E-state index in [1.165, 1.54) is 25.5 Å². The van der Waals surface area contributed by atoms with Gasteiger partial charge in [0.2, 0.25) is 0 Å². The van der Waals surface area contributed by atoms with E-state index >= 15 is 0 Å². The summed E-state index contributed by atoms with van der Waals surface area (Å²) in [4.78, 5) is 11.3. The molecule has 0 fully saturated rings. The van der Waals surface area contributed by atoms with Gasteiger partial charge in [-0.3, -0.25) is 4.79 Å². The molecule has 16 heavy (non-hydrogen) atoms. The molecule has 0 aliphatic heterocycles. The van der Waals surface area contributed by atoms with Crippen molar-refractivity contribution >= 4 is 5.97 Å². The van der Waals surface area contributed by atoms with Crippen LogP contribution in [0.2, 0.25) is 0 Å². The molecule has 0 spiro atoms. The van der Waals surface area contributed by atoms with Crippen molar-refractivity contribution in [1.82, 2.24) is 0 Å². The van der Waals surface area contributed by atoms with E-state index in [2.05, 4.69) is 33.8 Å². The number of esters is 1. The zero-order chi connectivity index (χ0) is 12.3. The van der Waals surface area contributed by atoms with Crippen LogP contribution in [0.5, 0.6) is 0 Å². The molecule has 0 amide bonds. The third kappa shape index (κ3) is 2.87. The van der Waals surface area contributed by atoms with Crippen molar-refractivity contribution in [1.29, 1.82) is 0 Å². The second-order valence-corrected chi connectivity index (χ2v) is 5.71. The number of carbonyl (C=O) groups is 1. The van der Waals surface area contributed by atoms with Crippen LogP contribution in [0.3, 0.4) is 0 Å². The summed E-state index contributed by atoms with van der Waals surface area (Å²) < 4.78 is 4.76. The quantitative estimate of drug-likeness (QED) is 0.541. The number of rotatable bonds is 3. The number of carbonyl (C=O) groups excluding carboxylic acids is 1. The third-order valence-corrected chi connectivity index (χ3v) is 3.87. The van der Waals surface area contributed by atoms with Crippen molar-refractivity contribution in [2.45, 2.75) is 47.0 Å². The van der Waals surface area contributed by atoms with Gasteiger partial charge in [0.05, 0.1) is 7.11 Å². The number of allylic oxidation sites excluding steroid dienone is 2. The van der Waals surface area contributed by atoms with E-state index in [1.54, 1.807) is 0 Å². The lowest BCUT2D eigenvalue weighted by Crippen LogP contribution is -2.33. The molecule has 1 aliphatic carbocycles. The molecule has 2 heteroatoms. The molecule has 0 N–H and O–H groups in total. The Labute approximate surface area is 99.1 Å². The van der Waals surface area contributed by atoms with Crippen molar-refractivity contribution < 1.29 is 9.53 Å². The maximum Gasteiger partial charge on any atom is 0.305 e. The maximum atomic E-state index is 11.3. The zero-order valence-corrected chi connectivity index (χ0v) is 11.2. The highest BCUT2D eigenvalue weighted by Crippen LogP contribution is 2.45. The summed E-state index contributed by atoms with van der Waals surface area (Å²) in [7, 11) is 1.46. The molecule has 0 aromatic heterocycles. The lowest BCUT2D eigenvalue weighted by atomic mass is 9.63. The Balaban J connectivity index is 2.79. The van der Waals surface area contributed by atoms with Crippen LogP contribution < -0.4 is 0 Å². The molecule has 0 heterocycles. The molecule has 2 atom stereocenters. The Morgan fingerprint density at radius 1 is 1.62 bits per heavy atom. The summed E-state index contributed by atoms with van der Waals surface area (Å²) in [6.07, 6.45) is 5.22. The molecule has 2 nitrogen and oxygen atoms in total. The molecule has 0 aromatic rings. The Morgan fingerprint density at radius 2 is 2.25 bits per heavy atom. The number of ether oxygens (including phenoxy) is 1. The summed E-state index contributed by atoms with van der Waals surface area (Å²) in [5.74, 6) is 0.765. The Kier molecular flexibility index (Phi) is 4.17. The van der Waals surface area contributed by atoms with Gasteiger partial charge in [-0.15, -0.1) is 0 Å². The Hall–Kier alpha value is -0.790. The van der Waals surface area contributed by atoms with Crippen molar-refractivity contribution in [3.05, 3.63) is 11.6 Å². The third-order valence-electron chi connectivity index (χ3n) is 3.87. The predicted octanol–water partition coefficient (Wildman–Crippen LogP) is 3.57. The topological polar surface area (TPSA) is 26.3 Å². The van der Waals surface area contributed by atoms with E-state index in [4.69, 9.17) is 4.74 Å². The summed E-state index contributed by atoms with van der Waals surface area (Å²) in [5.41, 5.74) is 1.74. The van der Waals surface area contributed by atoms with Gasteiger partial charge in [0, 0.05) is 6.42 Å². The van der Waals surface area contributed by atoms with Crippen LogP contribution in [0.25, 0.3) is 0 Å². The second kappa shape index (κ2) is 5.03. The van der Waals surface area contributed by atoms with Crippen LogP contribution >= 0.6 is 0 Å². The minimum atomic E-state index is -0.0957. The standard InChI is InChI=1S/C14H24O2/c1-10-7-6-8-14(3,4)13(10)11(2)9-12(15)16-5/h7,11,13H,6,8-9H2,1-5H3/t11-,13-/m1/s1. The van der Waals surface area contributed by atoms with Gasteiger partial charge in [-0.25, -0.2) is 0 Å². The fourth-order valence-electron chi connectivity index (χ4n) is 3.25. The molecule has 0 unspecified atom stereocenters. The van der Waals surface area contributed by atoms with Crippen LogP contribution in [-0.4, -0.2) is 13.1 Å². The first-order valence-corrected chi connectivity index (χ1v) is 6.12. The van der Waals surface area contributed by atoms with Gasteiger partial charge in [-0.2, -0.15) is 0 Å². The molecule has 0 saturated heterocycles. The molecular weight excluding hydrogens is 200 g/mol. The summed E-state index contributed by atoms with van der Waals surface area (Å²) >= 11 is 0. The van der Waals surface area contributed by atoms with E-state index in [-0.39, 0.29) is 5.97 Å². The molecular formula is C14H24O2. The van der Waals surface area contributed by atoms with Crippen molar-refractivity contribution in [3.63, 3.8) is 0 Å². The normalized spacial score (nSPS) is 25.8. The molecule has 1 aliphatic rings. The molecule has 0 aromatic carbocycles. The fourth-order valence-corrected chi connectivity index (χ4v) is 3.25. The largest absolute Gasteiger partial charge is 0.469 e. The van der Waals surface area contributed by atoms with Crippen LogP contribution in [0, 0.1) is 17.3 Å². The second-order valence-electron chi connectivity index (χ2n) is 5.71. The van der Waals surface area contributed by atoms with Crippen LogP contribution in [0.1, 0.15) is 47.0 Å². The summed E-state index contributed by atoms with van der Waals surface area (Å²) in [6, 6.07) is 0.